The molecular weight excluding hydrogens is 196 g/mol. The lowest BCUT2D eigenvalue weighted by molar-refractivity contribution is 0.817. The molecule has 0 aliphatic carbocycles. The number of nitrogens with zero attached hydrogens (tertiary/aromatic N) is 2. The van der Waals surface area contributed by atoms with Gasteiger partial charge in [0.05, 0.1) is 11.2 Å². The van der Waals surface area contributed by atoms with E-state index >= 15 is 0 Å². The Kier molecular flexibility index (Phi) is 2.90. The highest BCUT2D eigenvalue weighted by Gasteiger charge is 2.12. The fraction of sp³-hybridized carbons (Fsp3) is 0.429. The maximum Gasteiger partial charge on any atom is 0.116 e. The molecule has 16 heavy (non-hydrogen) atoms. The van der Waals surface area contributed by atoms with Gasteiger partial charge in [0, 0.05) is 5.39 Å². The minimum absolute atomic E-state index is 0.436. The number of benzene rings is 1. The van der Waals surface area contributed by atoms with Crippen LogP contribution in [-0.2, 0) is 0 Å². The molecule has 1 heterocycles. The van der Waals surface area contributed by atoms with Crippen molar-refractivity contribution in [1.29, 1.82) is 0 Å². The molecule has 84 valence electrons. The summed E-state index contributed by atoms with van der Waals surface area (Å²) in [7, 11) is 0. The van der Waals surface area contributed by atoms with E-state index in [1.807, 2.05) is 0 Å². The molecule has 0 unspecified atom stereocenters. The van der Waals surface area contributed by atoms with Crippen LogP contribution >= 0.6 is 0 Å². The Hall–Kier alpha value is -1.44. The monoisotopic (exact) mass is 214 g/mol. The van der Waals surface area contributed by atoms with Crippen LogP contribution in [0.25, 0.3) is 10.9 Å². The van der Waals surface area contributed by atoms with E-state index in [2.05, 4.69) is 55.9 Å². The highest BCUT2D eigenvalue weighted by molar-refractivity contribution is 5.85. The molecule has 0 N–H and O–H groups in total. The molecular formula is C14H18N2. The summed E-state index contributed by atoms with van der Waals surface area (Å²) in [6.07, 6.45) is 1.67. The average Bonchev–Trinajstić information content (AvgIpc) is 2.27. The van der Waals surface area contributed by atoms with Crippen LogP contribution in [0.1, 0.15) is 50.8 Å². The van der Waals surface area contributed by atoms with Gasteiger partial charge in [-0.2, -0.15) is 0 Å². The van der Waals surface area contributed by atoms with Gasteiger partial charge in [0.1, 0.15) is 6.33 Å². The molecule has 0 fully saturated rings. The topological polar surface area (TPSA) is 25.8 Å². The molecule has 1 aromatic carbocycles. The second kappa shape index (κ2) is 4.20. The molecule has 0 atom stereocenters. The van der Waals surface area contributed by atoms with Gasteiger partial charge in [-0.25, -0.2) is 9.97 Å². The standard InChI is InChI=1S/C14H18N2/c1-9(2)11-6-5-7-12-13(11)14(10(3)4)16-8-15-12/h5-10H,1-4H3. The summed E-state index contributed by atoms with van der Waals surface area (Å²) < 4.78 is 0. The lowest BCUT2D eigenvalue weighted by Crippen LogP contribution is -2.00. The van der Waals surface area contributed by atoms with E-state index in [9.17, 15) is 0 Å². The summed E-state index contributed by atoms with van der Waals surface area (Å²) in [6.45, 7) is 8.79. The summed E-state index contributed by atoms with van der Waals surface area (Å²) in [5.41, 5.74) is 3.57. The van der Waals surface area contributed by atoms with Crippen molar-refractivity contribution in [3.63, 3.8) is 0 Å². The summed E-state index contributed by atoms with van der Waals surface area (Å²) in [4.78, 5) is 8.79. The van der Waals surface area contributed by atoms with Crippen LogP contribution < -0.4 is 0 Å². The van der Waals surface area contributed by atoms with Crippen molar-refractivity contribution in [3.8, 4) is 0 Å². The molecule has 0 amide bonds. The molecule has 2 aromatic rings. The second-order valence-electron chi connectivity index (χ2n) is 4.81. The molecule has 0 aliphatic heterocycles. The van der Waals surface area contributed by atoms with Crippen LogP contribution in [0.3, 0.4) is 0 Å². The van der Waals surface area contributed by atoms with Gasteiger partial charge in [-0.3, -0.25) is 0 Å². The largest absolute Gasteiger partial charge is 0.240 e. The third-order valence-electron chi connectivity index (χ3n) is 2.89. The number of aromatic nitrogens is 2. The van der Waals surface area contributed by atoms with E-state index in [-0.39, 0.29) is 0 Å². The average molecular weight is 214 g/mol. The zero-order chi connectivity index (χ0) is 11.7. The summed E-state index contributed by atoms with van der Waals surface area (Å²) >= 11 is 0. The van der Waals surface area contributed by atoms with Crippen molar-refractivity contribution >= 4 is 10.9 Å². The van der Waals surface area contributed by atoms with Crippen LogP contribution in [0.2, 0.25) is 0 Å². The van der Waals surface area contributed by atoms with Gasteiger partial charge in [0.25, 0.3) is 0 Å². The Bertz CT molecular complexity index is 458. The number of fused-ring (bicyclic) bond motifs is 1. The second-order valence-corrected chi connectivity index (χ2v) is 4.81. The lowest BCUT2D eigenvalue weighted by Gasteiger charge is -2.14. The van der Waals surface area contributed by atoms with Gasteiger partial charge >= 0.3 is 0 Å². The Labute approximate surface area is 96.7 Å². The summed E-state index contributed by atoms with van der Waals surface area (Å²) in [5.74, 6) is 0.942. The summed E-state index contributed by atoms with van der Waals surface area (Å²) in [6, 6.07) is 6.33. The summed E-state index contributed by atoms with van der Waals surface area (Å²) in [5, 5.41) is 1.25. The molecule has 0 saturated carbocycles. The van der Waals surface area contributed by atoms with Crippen molar-refractivity contribution < 1.29 is 0 Å². The highest BCUT2D eigenvalue weighted by atomic mass is 14.8. The quantitative estimate of drug-likeness (QED) is 0.758. The van der Waals surface area contributed by atoms with Crippen LogP contribution in [0.4, 0.5) is 0 Å². The van der Waals surface area contributed by atoms with E-state index in [1.54, 1.807) is 6.33 Å². The Balaban J connectivity index is 2.82. The first-order valence-electron chi connectivity index (χ1n) is 5.84. The van der Waals surface area contributed by atoms with E-state index in [0.717, 1.165) is 11.2 Å². The fourth-order valence-corrected chi connectivity index (χ4v) is 2.08. The number of hydrogen-bond acceptors (Lipinski definition) is 2. The number of hydrogen-bond donors (Lipinski definition) is 0. The predicted octanol–water partition coefficient (Wildman–Crippen LogP) is 3.88. The van der Waals surface area contributed by atoms with Gasteiger partial charge in [-0.1, -0.05) is 39.8 Å². The van der Waals surface area contributed by atoms with Crippen LogP contribution in [-0.4, -0.2) is 9.97 Å². The van der Waals surface area contributed by atoms with Crippen LogP contribution in [0, 0.1) is 0 Å². The van der Waals surface area contributed by atoms with Gasteiger partial charge in [0.15, 0.2) is 0 Å². The Morgan fingerprint density at radius 1 is 0.938 bits per heavy atom. The molecule has 2 heteroatoms. The van der Waals surface area contributed by atoms with Crippen molar-refractivity contribution in [2.75, 3.05) is 0 Å². The molecule has 0 radical (unpaired) electrons. The minimum atomic E-state index is 0.436. The van der Waals surface area contributed by atoms with Gasteiger partial charge in [-0.05, 0) is 23.5 Å². The van der Waals surface area contributed by atoms with Crippen molar-refractivity contribution in [3.05, 3.63) is 35.8 Å². The van der Waals surface area contributed by atoms with Crippen molar-refractivity contribution in [2.24, 2.45) is 0 Å². The molecule has 0 saturated heterocycles. The van der Waals surface area contributed by atoms with E-state index in [0.29, 0.717) is 11.8 Å². The third kappa shape index (κ3) is 1.80. The molecule has 0 bridgehead atoms. The van der Waals surface area contributed by atoms with Crippen LogP contribution in [0.15, 0.2) is 24.5 Å². The van der Waals surface area contributed by atoms with E-state index in [4.69, 9.17) is 0 Å². The zero-order valence-corrected chi connectivity index (χ0v) is 10.4. The molecule has 2 nitrogen and oxygen atoms in total. The first-order chi connectivity index (χ1) is 7.61. The van der Waals surface area contributed by atoms with E-state index < -0.39 is 0 Å². The first-order valence-corrected chi connectivity index (χ1v) is 5.84. The number of rotatable bonds is 2. The van der Waals surface area contributed by atoms with Crippen molar-refractivity contribution in [2.45, 2.75) is 39.5 Å². The van der Waals surface area contributed by atoms with Gasteiger partial charge in [0.2, 0.25) is 0 Å². The third-order valence-corrected chi connectivity index (χ3v) is 2.89. The van der Waals surface area contributed by atoms with Gasteiger partial charge in [-0.15, -0.1) is 0 Å². The van der Waals surface area contributed by atoms with Crippen LogP contribution in [0.5, 0.6) is 0 Å². The Morgan fingerprint density at radius 2 is 1.69 bits per heavy atom. The normalized spacial score (nSPS) is 11.6. The maximum atomic E-state index is 4.44. The van der Waals surface area contributed by atoms with Gasteiger partial charge < -0.3 is 0 Å². The lowest BCUT2D eigenvalue weighted by atomic mass is 9.94. The molecule has 1 aromatic heterocycles. The zero-order valence-electron chi connectivity index (χ0n) is 10.4. The van der Waals surface area contributed by atoms with Crippen molar-refractivity contribution in [1.82, 2.24) is 9.97 Å². The molecule has 0 aliphatic rings. The first kappa shape index (κ1) is 11.1. The maximum absolute atomic E-state index is 4.44. The predicted molar refractivity (Wildman–Crippen MR) is 67.7 cm³/mol. The smallest absolute Gasteiger partial charge is 0.116 e. The van der Waals surface area contributed by atoms with E-state index in [1.165, 1.54) is 10.9 Å². The Morgan fingerprint density at radius 3 is 2.31 bits per heavy atom. The molecule has 0 spiro atoms. The highest BCUT2D eigenvalue weighted by Crippen LogP contribution is 2.29. The SMILES string of the molecule is CC(C)c1cccc2ncnc(C(C)C)c12. The molecule has 2 rings (SSSR count). The minimum Gasteiger partial charge on any atom is -0.240 e. The fourth-order valence-electron chi connectivity index (χ4n) is 2.08.